The van der Waals surface area contributed by atoms with Crippen LogP contribution in [0.5, 0.6) is 0 Å². The van der Waals surface area contributed by atoms with E-state index in [1.807, 2.05) is 54.7 Å². The SMILES string of the molecule is N=C(N)c1ccccc1Cn1ccnc1-c1ccccc1Br. The van der Waals surface area contributed by atoms with Crippen LogP contribution < -0.4 is 5.73 Å². The summed E-state index contributed by atoms with van der Waals surface area (Å²) in [5.74, 6) is 0.962. The maximum atomic E-state index is 7.70. The molecule has 0 fully saturated rings. The molecule has 0 saturated carbocycles. The number of amidine groups is 1. The molecule has 2 aromatic carbocycles. The molecule has 0 spiro atoms. The third kappa shape index (κ3) is 2.80. The summed E-state index contributed by atoms with van der Waals surface area (Å²) in [4.78, 5) is 4.47. The Labute approximate surface area is 137 Å². The van der Waals surface area contributed by atoms with Gasteiger partial charge in [0.2, 0.25) is 0 Å². The third-order valence-corrected chi connectivity index (χ3v) is 4.17. The van der Waals surface area contributed by atoms with Crippen LogP contribution in [0.25, 0.3) is 11.4 Å². The Kier molecular flexibility index (Phi) is 4.06. The Morgan fingerprint density at radius 2 is 1.86 bits per heavy atom. The van der Waals surface area contributed by atoms with E-state index in [1.165, 1.54) is 0 Å². The molecule has 3 rings (SSSR count). The smallest absolute Gasteiger partial charge is 0.141 e. The van der Waals surface area contributed by atoms with Crippen molar-refractivity contribution in [3.63, 3.8) is 0 Å². The van der Waals surface area contributed by atoms with E-state index >= 15 is 0 Å². The van der Waals surface area contributed by atoms with Crippen LogP contribution in [0, 0.1) is 5.41 Å². The average Bonchev–Trinajstić information content (AvgIpc) is 2.96. The van der Waals surface area contributed by atoms with E-state index in [4.69, 9.17) is 11.1 Å². The standard InChI is InChI=1S/C17H15BrN4/c18-15-8-4-3-7-14(15)17-21-9-10-22(17)11-12-5-1-2-6-13(12)16(19)20/h1-10H,11H2,(H3,19,20). The van der Waals surface area contributed by atoms with Crippen LogP contribution in [0.1, 0.15) is 11.1 Å². The van der Waals surface area contributed by atoms with Gasteiger partial charge < -0.3 is 10.3 Å². The number of rotatable bonds is 4. The van der Waals surface area contributed by atoms with Gasteiger partial charge in [0, 0.05) is 34.5 Å². The molecule has 0 atom stereocenters. The van der Waals surface area contributed by atoms with Gasteiger partial charge in [0.25, 0.3) is 0 Å². The van der Waals surface area contributed by atoms with Crippen molar-refractivity contribution in [3.8, 4) is 11.4 Å². The summed E-state index contributed by atoms with van der Waals surface area (Å²) in [6, 6.07) is 15.7. The van der Waals surface area contributed by atoms with Gasteiger partial charge in [-0.15, -0.1) is 0 Å². The van der Waals surface area contributed by atoms with E-state index in [1.54, 1.807) is 6.20 Å². The predicted molar refractivity (Wildman–Crippen MR) is 91.9 cm³/mol. The molecule has 0 amide bonds. The summed E-state index contributed by atoms with van der Waals surface area (Å²) < 4.78 is 3.06. The normalized spacial score (nSPS) is 10.6. The summed E-state index contributed by atoms with van der Waals surface area (Å²) in [5, 5.41) is 7.70. The van der Waals surface area contributed by atoms with Crippen LogP contribution in [0.2, 0.25) is 0 Å². The van der Waals surface area contributed by atoms with Crippen LogP contribution in [0.3, 0.4) is 0 Å². The topological polar surface area (TPSA) is 67.7 Å². The van der Waals surface area contributed by atoms with E-state index in [0.29, 0.717) is 6.54 Å². The van der Waals surface area contributed by atoms with Gasteiger partial charge in [-0.1, -0.05) is 58.4 Å². The fourth-order valence-corrected chi connectivity index (χ4v) is 2.89. The first-order valence-corrected chi connectivity index (χ1v) is 7.64. The first-order valence-electron chi connectivity index (χ1n) is 6.85. The third-order valence-electron chi connectivity index (χ3n) is 3.48. The van der Waals surface area contributed by atoms with Crippen molar-refractivity contribution in [1.29, 1.82) is 5.41 Å². The number of hydrogen-bond acceptors (Lipinski definition) is 2. The summed E-state index contributed by atoms with van der Waals surface area (Å²) in [7, 11) is 0. The Bertz CT molecular complexity index is 823. The molecule has 0 aliphatic heterocycles. The molecule has 5 heteroatoms. The molecule has 0 bridgehead atoms. The van der Waals surface area contributed by atoms with Crippen molar-refractivity contribution in [2.45, 2.75) is 6.54 Å². The highest BCUT2D eigenvalue weighted by Gasteiger charge is 2.11. The minimum Gasteiger partial charge on any atom is -0.384 e. The Hall–Kier alpha value is -2.40. The quantitative estimate of drug-likeness (QED) is 0.554. The lowest BCUT2D eigenvalue weighted by Gasteiger charge is -2.12. The number of hydrogen-bond donors (Lipinski definition) is 2. The largest absolute Gasteiger partial charge is 0.384 e. The van der Waals surface area contributed by atoms with Gasteiger partial charge in [-0.2, -0.15) is 0 Å². The molecule has 0 radical (unpaired) electrons. The first kappa shape index (κ1) is 14.5. The molecule has 110 valence electrons. The van der Waals surface area contributed by atoms with Crippen molar-refractivity contribution in [3.05, 3.63) is 76.5 Å². The average molecular weight is 355 g/mol. The fraction of sp³-hybridized carbons (Fsp3) is 0.0588. The van der Waals surface area contributed by atoms with E-state index in [-0.39, 0.29) is 5.84 Å². The molecule has 3 N–H and O–H groups in total. The van der Waals surface area contributed by atoms with Crippen molar-refractivity contribution < 1.29 is 0 Å². The lowest BCUT2D eigenvalue weighted by molar-refractivity contribution is 0.805. The number of benzene rings is 2. The molecule has 22 heavy (non-hydrogen) atoms. The molecule has 3 aromatic rings. The number of aromatic nitrogens is 2. The van der Waals surface area contributed by atoms with E-state index in [0.717, 1.165) is 27.0 Å². The maximum Gasteiger partial charge on any atom is 0.141 e. The second-order valence-corrected chi connectivity index (χ2v) is 5.78. The number of nitrogen functional groups attached to an aromatic ring is 1. The zero-order chi connectivity index (χ0) is 15.5. The van der Waals surface area contributed by atoms with Crippen molar-refractivity contribution >= 4 is 21.8 Å². The van der Waals surface area contributed by atoms with Gasteiger partial charge >= 0.3 is 0 Å². The molecule has 1 aromatic heterocycles. The van der Waals surface area contributed by atoms with Crippen molar-refractivity contribution in [1.82, 2.24) is 9.55 Å². The summed E-state index contributed by atoms with van der Waals surface area (Å²) in [6.45, 7) is 0.617. The number of nitrogens with one attached hydrogen (secondary N) is 1. The minimum absolute atomic E-state index is 0.0816. The number of nitrogens with zero attached hydrogens (tertiary/aromatic N) is 2. The van der Waals surface area contributed by atoms with Crippen molar-refractivity contribution in [2.75, 3.05) is 0 Å². The second kappa shape index (κ2) is 6.15. The predicted octanol–water partition coefficient (Wildman–Crippen LogP) is 3.64. The van der Waals surface area contributed by atoms with Crippen LogP contribution in [-0.4, -0.2) is 15.4 Å². The Morgan fingerprint density at radius 3 is 2.64 bits per heavy atom. The minimum atomic E-state index is 0.0816. The number of imidazole rings is 1. The van der Waals surface area contributed by atoms with Crippen LogP contribution in [-0.2, 0) is 6.54 Å². The first-order chi connectivity index (χ1) is 10.7. The Morgan fingerprint density at radius 1 is 1.14 bits per heavy atom. The summed E-state index contributed by atoms with van der Waals surface area (Å²) >= 11 is 3.57. The van der Waals surface area contributed by atoms with E-state index in [2.05, 4.69) is 25.5 Å². The van der Waals surface area contributed by atoms with Crippen LogP contribution >= 0.6 is 15.9 Å². The molecule has 4 nitrogen and oxygen atoms in total. The van der Waals surface area contributed by atoms with Gasteiger partial charge in [-0.25, -0.2) is 4.98 Å². The highest BCUT2D eigenvalue weighted by molar-refractivity contribution is 9.10. The van der Waals surface area contributed by atoms with Crippen LogP contribution in [0.4, 0.5) is 0 Å². The fourth-order valence-electron chi connectivity index (χ4n) is 2.43. The zero-order valence-corrected chi connectivity index (χ0v) is 13.4. The van der Waals surface area contributed by atoms with Gasteiger partial charge in [-0.3, -0.25) is 5.41 Å². The Balaban J connectivity index is 2.01. The zero-order valence-electron chi connectivity index (χ0n) is 11.8. The molecular formula is C17H15BrN4. The molecule has 0 aliphatic rings. The van der Waals surface area contributed by atoms with Gasteiger partial charge in [0.05, 0.1) is 0 Å². The van der Waals surface area contributed by atoms with Gasteiger partial charge in [-0.05, 0) is 11.6 Å². The van der Waals surface area contributed by atoms with Gasteiger partial charge in [0.15, 0.2) is 0 Å². The monoisotopic (exact) mass is 354 g/mol. The van der Waals surface area contributed by atoms with Crippen molar-refractivity contribution in [2.24, 2.45) is 5.73 Å². The second-order valence-electron chi connectivity index (χ2n) is 4.93. The molecule has 0 aliphatic carbocycles. The van der Waals surface area contributed by atoms with Crippen LogP contribution in [0.15, 0.2) is 65.4 Å². The number of halogens is 1. The molecule has 1 heterocycles. The summed E-state index contributed by atoms with van der Waals surface area (Å²) in [5.41, 5.74) is 8.46. The summed E-state index contributed by atoms with van der Waals surface area (Å²) in [6.07, 6.45) is 3.72. The lowest BCUT2D eigenvalue weighted by Crippen LogP contribution is -2.15. The maximum absolute atomic E-state index is 7.70. The molecule has 0 saturated heterocycles. The highest BCUT2D eigenvalue weighted by Crippen LogP contribution is 2.27. The van der Waals surface area contributed by atoms with E-state index < -0.39 is 0 Å². The lowest BCUT2D eigenvalue weighted by atomic mass is 10.1. The van der Waals surface area contributed by atoms with E-state index in [9.17, 15) is 0 Å². The number of nitrogens with two attached hydrogens (primary N) is 1. The highest BCUT2D eigenvalue weighted by atomic mass is 79.9. The molecule has 0 unspecified atom stereocenters. The molecular weight excluding hydrogens is 340 g/mol. The van der Waals surface area contributed by atoms with Gasteiger partial charge in [0.1, 0.15) is 11.7 Å².